The van der Waals surface area contributed by atoms with Gasteiger partial charge in [0.05, 0.1) is 11.3 Å². The molecule has 0 fully saturated rings. The topological polar surface area (TPSA) is 64.1 Å². The Labute approximate surface area is 207 Å². The molecule has 5 nitrogen and oxygen atoms in total. The van der Waals surface area contributed by atoms with Gasteiger partial charge in [0.2, 0.25) is 11.8 Å². The number of thioether (sulfide) groups is 1. The van der Waals surface area contributed by atoms with E-state index in [4.69, 9.17) is 26.3 Å². The summed E-state index contributed by atoms with van der Waals surface area (Å²) in [5.41, 5.74) is 5.92. The number of halogens is 1. The second kappa shape index (κ2) is 9.49. The van der Waals surface area contributed by atoms with E-state index in [1.807, 2.05) is 43.3 Å². The molecule has 7 heteroatoms. The third-order valence-corrected chi connectivity index (χ3v) is 6.77. The van der Waals surface area contributed by atoms with E-state index in [1.54, 1.807) is 24.3 Å². The van der Waals surface area contributed by atoms with Crippen LogP contribution in [-0.4, -0.2) is 21.6 Å². The van der Waals surface area contributed by atoms with E-state index < -0.39 is 0 Å². The molecule has 0 saturated carbocycles. The van der Waals surface area contributed by atoms with Crippen LogP contribution in [0.2, 0.25) is 5.02 Å². The predicted molar refractivity (Wildman–Crippen MR) is 137 cm³/mol. The first-order valence-corrected chi connectivity index (χ1v) is 12.2. The average Bonchev–Trinajstić information content (AvgIpc) is 2.83. The van der Waals surface area contributed by atoms with Crippen molar-refractivity contribution in [3.8, 4) is 23.0 Å². The normalized spacial score (nSPS) is 11.9. The molecule has 34 heavy (non-hydrogen) atoms. The van der Waals surface area contributed by atoms with Crippen molar-refractivity contribution in [2.24, 2.45) is 0 Å². The lowest BCUT2D eigenvalue weighted by molar-refractivity contribution is -0.113. The fraction of sp³-hybridized carbons (Fsp3) is 0.148. The van der Waals surface area contributed by atoms with Crippen molar-refractivity contribution in [3.05, 3.63) is 94.0 Å². The summed E-state index contributed by atoms with van der Waals surface area (Å²) >= 11 is 7.32. The van der Waals surface area contributed by atoms with Crippen molar-refractivity contribution in [1.82, 2.24) is 9.97 Å². The molecule has 4 aromatic rings. The number of fused-ring (bicyclic) bond motifs is 2. The molecule has 2 heterocycles. The Hall–Kier alpha value is -3.35. The number of hydrogen-bond acceptors (Lipinski definition) is 5. The number of aromatic nitrogens is 2. The fourth-order valence-corrected chi connectivity index (χ4v) is 4.69. The minimum absolute atomic E-state index is 0.121. The van der Waals surface area contributed by atoms with Crippen LogP contribution in [-0.2, 0) is 11.2 Å². The molecular weight excluding hydrogens is 466 g/mol. The van der Waals surface area contributed by atoms with E-state index in [1.165, 1.54) is 17.3 Å². The van der Waals surface area contributed by atoms with Crippen LogP contribution in [0.4, 0.5) is 5.69 Å². The number of nitrogens with zero attached hydrogens (tertiary/aromatic N) is 2. The number of benzene rings is 3. The Balaban J connectivity index is 1.44. The first kappa shape index (κ1) is 22.4. The fourth-order valence-electron chi connectivity index (χ4n) is 3.74. The number of amides is 1. The molecule has 1 amide bonds. The highest BCUT2D eigenvalue weighted by atomic mass is 35.5. The van der Waals surface area contributed by atoms with Gasteiger partial charge in [-0.3, -0.25) is 4.79 Å². The van der Waals surface area contributed by atoms with Gasteiger partial charge in [-0.2, -0.15) is 4.98 Å². The molecule has 0 bridgehead atoms. The van der Waals surface area contributed by atoms with Crippen molar-refractivity contribution in [1.29, 1.82) is 0 Å². The van der Waals surface area contributed by atoms with Crippen LogP contribution in [0.5, 0.6) is 11.6 Å². The monoisotopic (exact) mass is 487 g/mol. The standard InChI is InChI=1S/C27H22ClN3O2S/c1-16-3-6-18(7-4-16)25-30-26-22(14-19-13-17(2)5-12-23(19)33-26)27(31-25)34-15-24(32)29-21-10-8-20(28)9-11-21/h3-13H,14-15H2,1-2H3,(H,29,32). The Bertz CT molecular complexity index is 1370. The molecule has 1 aromatic heterocycles. The van der Waals surface area contributed by atoms with E-state index >= 15 is 0 Å². The van der Waals surface area contributed by atoms with Crippen LogP contribution >= 0.6 is 23.4 Å². The highest BCUT2D eigenvalue weighted by Gasteiger charge is 2.25. The van der Waals surface area contributed by atoms with Crippen molar-refractivity contribution >= 4 is 35.0 Å². The average molecular weight is 488 g/mol. The van der Waals surface area contributed by atoms with Gasteiger partial charge >= 0.3 is 0 Å². The Morgan fingerprint density at radius 3 is 2.50 bits per heavy atom. The molecule has 1 aliphatic heterocycles. The molecule has 0 unspecified atom stereocenters. The van der Waals surface area contributed by atoms with Gasteiger partial charge in [-0.15, -0.1) is 0 Å². The van der Waals surface area contributed by atoms with Crippen LogP contribution in [0.25, 0.3) is 11.4 Å². The Morgan fingerprint density at radius 1 is 1.00 bits per heavy atom. The Morgan fingerprint density at radius 2 is 1.74 bits per heavy atom. The predicted octanol–water partition coefficient (Wildman–Crippen LogP) is 6.84. The van der Waals surface area contributed by atoms with E-state index in [0.29, 0.717) is 28.8 Å². The maximum Gasteiger partial charge on any atom is 0.234 e. The van der Waals surface area contributed by atoms with Crippen LogP contribution < -0.4 is 10.1 Å². The number of nitrogens with one attached hydrogen (secondary N) is 1. The van der Waals surface area contributed by atoms with Crippen LogP contribution in [0.15, 0.2) is 71.8 Å². The van der Waals surface area contributed by atoms with Gasteiger partial charge in [0.25, 0.3) is 0 Å². The first-order valence-electron chi connectivity index (χ1n) is 10.9. The van der Waals surface area contributed by atoms with Crippen LogP contribution in [0.3, 0.4) is 0 Å². The minimum atomic E-state index is -0.121. The van der Waals surface area contributed by atoms with Crippen LogP contribution in [0.1, 0.15) is 22.3 Å². The lowest BCUT2D eigenvalue weighted by Gasteiger charge is -2.22. The summed E-state index contributed by atoms with van der Waals surface area (Å²) in [4.78, 5) is 22.2. The van der Waals surface area contributed by atoms with Gasteiger partial charge in [-0.1, -0.05) is 70.9 Å². The van der Waals surface area contributed by atoms with Gasteiger partial charge in [0.15, 0.2) is 5.82 Å². The van der Waals surface area contributed by atoms with Crippen molar-refractivity contribution in [2.75, 3.05) is 11.1 Å². The van der Waals surface area contributed by atoms with E-state index in [0.717, 1.165) is 33.0 Å². The minimum Gasteiger partial charge on any atom is -0.438 e. The number of hydrogen-bond donors (Lipinski definition) is 1. The number of anilines is 1. The third-order valence-electron chi connectivity index (χ3n) is 5.50. The van der Waals surface area contributed by atoms with Crippen LogP contribution in [0, 0.1) is 13.8 Å². The number of aryl methyl sites for hydroxylation is 2. The second-order valence-electron chi connectivity index (χ2n) is 8.24. The van der Waals surface area contributed by atoms with E-state index in [9.17, 15) is 4.79 Å². The summed E-state index contributed by atoms with van der Waals surface area (Å²) in [5, 5.41) is 4.28. The maximum atomic E-state index is 12.6. The first-order chi connectivity index (χ1) is 16.4. The SMILES string of the molecule is Cc1ccc(-c2nc3c(c(SCC(=O)Nc4ccc(Cl)cc4)n2)Cc2cc(C)ccc2O3)cc1. The molecule has 5 rings (SSSR count). The number of ether oxygens (including phenoxy) is 1. The summed E-state index contributed by atoms with van der Waals surface area (Å²) < 4.78 is 6.20. The summed E-state index contributed by atoms with van der Waals surface area (Å²) in [6.45, 7) is 4.10. The molecule has 0 aliphatic carbocycles. The van der Waals surface area contributed by atoms with Gasteiger partial charge in [-0.25, -0.2) is 4.98 Å². The third kappa shape index (κ3) is 4.93. The summed E-state index contributed by atoms with van der Waals surface area (Å²) in [6.07, 6.45) is 0.654. The summed E-state index contributed by atoms with van der Waals surface area (Å²) in [6, 6.07) is 21.2. The van der Waals surface area contributed by atoms with Crippen molar-refractivity contribution in [2.45, 2.75) is 25.3 Å². The maximum absolute atomic E-state index is 12.6. The largest absolute Gasteiger partial charge is 0.438 e. The number of rotatable bonds is 5. The molecule has 170 valence electrons. The number of carbonyl (C=O) groups is 1. The Kier molecular flexibility index (Phi) is 6.26. The lowest BCUT2D eigenvalue weighted by Crippen LogP contribution is -2.15. The van der Waals surface area contributed by atoms with Gasteiger partial charge < -0.3 is 10.1 Å². The highest BCUT2D eigenvalue weighted by Crippen LogP contribution is 2.40. The molecule has 0 saturated heterocycles. The summed E-state index contributed by atoms with van der Waals surface area (Å²) in [7, 11) is 0. The lowest BCUT2D eigenvalue weighted by atomic mass is 10.0. The zero-order valence-electron chi connectivity index (χ0n) is 18.8. The zero-order chi connectivity index (χ0) is 23.7. The highest BCUT2D eigenvalue weighted by molar-refractivity contribution is 8.00. The quantitative estimate of drug-likeness (QED) is 0.217. The molecule has 0 radical (unpaired) electrons. The van der Waals surface area contributed by atoms with Gasteiger partial charge in [-0.05, 0) is 49.7 Å². The van der Waals surface area contributed by atoms with Crippen molar-refractivity contribution in [3.63, 3.8) is 0 Å². The molecular formula is C27H22ClN3O2S. The molecule has 1 aliphatic rings. The molecule has 3 aromatic carbocycles. The molecule has 1 N–H and O–H groups in total. The van der Waals surface area contributed by atoms with Crippen molar-refractivity contribution < 1.29 is 9.53 Å². The molecule has 0 spiro atoms. The zero-order valence-corrected chi connectivity index (χ0v) is 20.3. The summed E-state index contributed by atoms with van der Waals surface area (Å²) in [5.74, 6) is 2.02. The van der Waals surface area contributed by atoms with E-state index in [2.05, 4.69) is 18.3 Å². The van der Waals surface area contributed by atoms with E-state index in [-0.39, 0.29) is 11.7 Å². The number of carbonyl (C=O) groups excluding carboxylic acids is 1. The smallest absolute Gasteiger partial charge is 0.234 e. The van der Waals surface area contributed by atoms with Gasteiger partial charge in [0, 0.05) is 22.7 Å². The second-order valence-corrected chi connectivity index (χ2v) is 9.64. The molecule has 0 atom stereocenters. The van der Waals surface area contributed by atoms with Gasteiger partial charge in [0.1, 0.15) is 10.8 Å².